The van der Waals surface area contributed by atoms with Gasteiger partial charge in [-0.3, -0.25) is 0 Å². The van der Waals surface area contributed by atoms with Crippen LogP contribution in [0.15, 0.2) is 18.2 Å². The summed E-state index contributed by atoms with van der Waals surface area (Å²) in [7, 11) is 1.72. The van der Waals surface area contributed by atoms with Crippen molar-refractivity contribution in [2.45, 2.75) is 77.3 Å². The molecule has 0 amide bonds. The molecule has 0 spiro atoms. The minimum absolute atomic E-state index is 0.670. The SMILES string of the molecule is CCCCCCCOc1c(CNC2CCCC2)cccc1OC. The molecule has 0 unspecified atom stereocenters. The van der Waals surface area contributed by atoms with Crippen LogP contribution in [0.3, 0.4) is 0 Å². The Morgan fingerprint density at radius 1 is 1.09 bits per heavy atom. The lowest BCUT2D eigenvalue weighted by molar-refractivity contribution is 0.280. The normalized spacial score (nSPS) is 15.0. The molecule has 23 heavy (non-hydrogen) atoms. The fourth-order valence-corrected chi connectivity index (χ4v) is 3.29. The van der Waals surface area contributed by atoms with Gasteiger partial charge in [-0.05, 0) is 25.3 Å². The van der Waals surface area contributed by atoms with E-state index < -0.39 is 0 Å². The Morgan fingerprint density at radius 3 is 2.61 bits per heavy atom. The summed E-state index contributed by atoms with van der Waals surface area (Å²) in [5, 5.41) is 3.67. The summed E-state index contributed by atoms with van der Waals surface area (Å²) in [5.41, 5.74) is 1.21. The van der Waals surface area contributed by atoms with Gasteiger partial charge in [0, 0.05) is 18.2 Å². The molecule has 1 aliphatic rings. The van der Waals surface area contributed by atoms with E-state index >= 15 is 0 Å². The lowest BCUT2D eigenvalue weighted by Crippen LogP contribution is -2.25. The zero-order valence-electron chi connectivity index (χ0n) is 14.9. The number of nitrogens with one attached hydrogen (secondary N) is 1. The number of ether oxygens (including phenoxy) is 2. The van der Waals surface area contributed by atoms with Gasteiger partial charge in [-0.25, -0.2) is 0 Å². The standard InChI is InChI=1S/C20H33NO2/c1-3-4-5-6-9-15-23-20-17(11-10-14-19(20)22-2)16-21-18-12-7-8-13-18/h10-11,14,18,21H,3-9,12-13,15-16H2,1-2H3. The molecule has 1 aromatic carbocycles. The summed E-state index contributed by atoms with van der Waals surface area (Å²) >= 11 is 0. The third-order valence-corrected chi connectivity index (χ3v) is 4.71. The minimum atomic E-state index is 0.670. The van der Waals surface area contributed by atoms with Crippen LogP contribution in [0.5, 0.6) is 11.5 Å². The molecule has 0 radical (unpaired) electrons. The van der Waals surface area contributed by atoms with Crippen LogP contribution in [0.25, 0.3) is 0 Å². The molecule has 0 atom stereocenters. The smallest absolute Gasteiger partial charge is 0.165 e. The number of hydrogen-bond donors (Lipinski definition) is 1. The second kappa shape index (κ2) is 10.5. The Labute approximate surface area is 141 Å². The maximum Gasteiger partial charge on any atom is 0.165 e. The molecule has 0 bridgehead atoms. The van der Waals surface area contributed by atoms with E-state index in [2.05, 4.69) is 24.4 Å². The summed E-state index contributed by atoms with van der Waals surface area (Å²) in [6, 6.07) is 6.86. The molecular formula is C20H33NO2. The van der Waals surface area contributed by atoms with Crippen LogP contribution in [0.4, 0.5) is 0 Å². The first-order valence-corrected chi connectivity index (χ1v) is 9.37. The van der Waals surface area contributed by atoms with E-state index in [1.54, 1.807) is 7.11 Å². The molecule has 0 aliphatic heterocycles. The quantitative estimate of drug-likeness (QED) is 0.577. The van der Waals surface area contributed by atoms with Crippen LogP contribution in [0.2, 0.25) is 0 Å². The second-order valence-corrected chi connectivity index (χ2v) is 6.57. The van der Waals surface area contributed by atoms with Crippen molar-refractivity contribution in [2.75, 3.05) is 13.7 Å². The third-order valence-electron chi connectivity index (χ3n) is 4.71. The van der Waals surface area contributed by atoms with Gasteiger partial charge in [0.05, 0.1) is 13.7 Å². The fourth-order valence-electron chi connectivity index (χ4n) is 3.29. The summed E-state index contributed by atoms with van der Waals surface area (Å²) in [6.45, 7) is 3.89. The summed E-state index contributed by atoms with van der Waals surface area (Å²) in [6.07, 6.45) is 11.6. The van der Waals surface area contributed by atoms with Crippen molar-refractivity contribution in [3.8, 4) is 11.5 Å². The molecule has 1 N–H and O–H groups in total. The van der Waals surface area contributed by atoms with E-state index in [0.29, 0.717) is 6.04 Å². The predicted molar refractivity (Wildman–Crippen MR) is 96.3 cm³/mol. The van der Waals surface area contributed by atoms with Gasteiger partial charge in [0.25, 0.3) is 0 Å². The lowest BCUT2D eigenvalue weighted by atomic mass is 10.1. The molecule has 130 valence electrons. The molecule has 0 saturated heterocycles. The van der Waals surface area contributed by atoms with Crippen molar-refractivity contribution >= 4 is 0 Å². The van der Waals surface area contributed by atoms with Crippen LogP contribution in [-0.2, 0) is 6.54 Å². The van der Waals surface area contributed by atoms with E-state index in [1.165, 1.54) is 56.9 Å². The number of benzene rings is 1. The van der Waals surface area contributed by atoms with Crippen LogP contribution >= 0.6 is 0 Å². The highest BCUT2D eigenvalue weighted by Gasteiger charge is 2.16. The van der Waals surface area contributed by atoms with Gasteiger partial charge in [-0.2, -0.15) is 0 Å². The molecule has 3 nitrogen and oxygen atoms in total. The van der Waals surface area contributed by atoms with E-state index in [4.69, 9.17) is 9.47 Å². The van der Waals surface area contributed by atoms with Gasteiger partial charge in [0.15, 0.2) is 11.5 Å². The number of hydrogen-bond acceptors (Lipinski definition) is 3. The number of para-hydroxylation sites is 1. The molecular weight excluding hydrogens is 286 g/mol. The average molecular weight is 319 g/mol. The molecule has 1 fully saturated rings. The first kappa shape index (κ1) is 18.1. The average Bonchev–Trinajstić information content (AvgIpc) is 3.10. The number of methoxy groups -OCH3 is 1. The van der Waals surface area contributed by atoms with Gasteiger partial charge in [-0.1, -0.05) is 57.6 Å². The molecule has 0 heterocycles. The Morgan fingerprint density at radius 2 is 1.87 bits per heavy atom. The second-order valence-electron chi connectivity index (χ2n) is 6.57. The number of rotatable bonds is 11. The maximum absolute atomic E-state index is 6.09. The highest BCUT2D eigenvalue weighted by atomic mass is 16.5. The Balaban J connectivity index is 1.86. The molecule has 1 saturated carbocycles. The topological polar surface area (TPSA) is 30.5 Å². The van der Waals surface area contributed by atoms with Crippen LogP contribution in [0.1, 0.15) is 70.3 Å². The Kier molecular flexibility index (Phi) is 8.30. The summed E-state index contributed by atoms with van der Waals surface area (Å²) in [4.78, 5) is 0. The van der Waals surface area contributed by atoms with Crippen LogP contribution in [-0.4, -0.2) is 19.8 Å². The van der Waals surface area contributed by atoms with Crippen LogP contribution in [0, 0.1) is 0 Å². The zero-order chi connectivity index (χ0) is 16.3. The highest BCUT2D eigenvalue weighted by Crippen LogP contribution is 2.31. The van der Waals surface area contributed by atoms with Crippen molar-refractivity contribution in [1.29, 1.82) is 0 Å². The zero-order valence-corrected chi connectivity index (χ0v) is 14.9. The third kappa shape index (κ3) is 6.06. The maximum atomic E-state index is 6.09. The lowest BCUT2D eigenvalue weighted by Gasteiger charge is -2.17. The highest BCUT2D eigenvalue weighted by molar-refractivity contribution is 5.46. The Hall–Kier alpha value is -1.22. The van der Waals surface area contributed by atoms with Gasteiger partial charge < -0.3 is 14.8 Å². The minimum Gasteiger partial charge on any atom is -0.493 e. The van der Waals surface area contributed by atoms with Crippen molar-refractivity contribution in [1.82, 2.24) is 5.32 Å². The summed E-state index contributed by atoms with van der Waals surface area (Å²) in [5.74, 6) is 1.78. The molecule has 2 rings (SSSR count). The fraction of sp³-hybridized carbons (Fsp3) is 0.700. The molecule has 1 aromatic rings. The molecule has 1 aliphatic carbocycles. The van der Waals surface area contributed by atoms with Crippen LogP contribution < -0.4 is 14.8 Å². The molecule has 0 aromatic heterocycles. The monoisotopic (exact) mass is 319 g/mol. The van der Waals surface area contributed by atoms with Gasteiger partial charge in [0.2, 0.25) is 0 Å². The predicted octanol–water partition coefficient (Wildman–Crippen LogP) is 5.08. The van der Waals surface area contributed by atoms with Crippen molar-refractivity contribution in [3.63, 3.8) is 0 Å². The van der Waals surface area contributed by atoms with E-state index in [9.17, 15) is 0 Å². The van der Waals surface area contributed by atoms with Crippen molar-refractivity contribution in [3.05, 3.63) is 23.8 Å². The molecule has 3 heteroatoms. The first-order valence-electron chi connectivity index (χ1n) is 9.37. The first-order chi connectivity index (χ1) is 11.3. The van der Waals surface area contributed by atoms with Gasteiger partial charge >= 0.3 is 0 Å². The van der Waals surface area contributed by atoms with E-state index in [0.717, 1.165) is 31.1 Å². The van der Waals surface area contributed by atoms with E-state index in [-0.39, 0.29) is 0 Å². The largest absolute Gasteiger partial charge is 0.493 e. The van der Waals surface area contributed by atoms with Gasteiger partial charge in [-0.15, -0.1) is 0 Å². The Bertz CT molecular complexity index is 441. The summed E-state index contributed by atoms with van der Waals surface area (Å²) < 4.78 is 11.6. The van der Waals surface area contributed by atoms with Crippen molar-refractivity contribution < 1.29 is 9.47 Å². The van der Waals surface area contributed by atoms with Gasteiger partial charge in [0.1, 0.15) is 0 Å². The van der Waals surface area contributed by atoms with E-state index in [1.807, 2.05) is 6.07 Å². The number of unbranched alkanes of at least 4 members (excludes halogenated alkanes) is 4. The van der Waals surface area contributed by atoms with Crippen molar-refractivity contribution in [2.24, 2.45) is 0 Å².